The van der Waals surface area contributed by atoms with Crippen LogP contribution in [0.15, 0.2) is 24.3 Å². The van der Waals surface area contributed by atoms with Gasteiger partial charge in [-0.25, -0.2) is 0 Å². The third-order valence-corrected chi connectivity index (χ3v) is 13.8. The zero-order chi connectivity index (χ0) is 22.2. The van der Waals surface area contributed by atoms with E-state index in [2.05, 4.69) is 38.2 Å². The van der Waals surface area contributed by atoms with Gasteiger partial charge in [0.25, 0.3) is 0 Å². The van der Waals surface area contributed by atoms with Crippen molar-refractivity contribution in [2.75, 3.05) is 0 Å². The Labute approximate surface area is 200 Å². The van der Waals surface area contributed by atoms with Crippen molar-refractivity contribution in [2.24, 2.45) is 63.1 Å². The molecule has 0 N–H and O–H groups in total. The zero-order valence-corrected chi connectivity index (χ0v) is 20.7. The van der Waals surface area contributed by atoms with Crippen LogP contribution in [0, 0.1) is 63.1 Å². The molecule has 12 atom stereocenters. The number of esters is 1. The minimum atomic E-state index is 0.114. The first kappa shape index (κ1) is 20.2. The lowest BCUT2D eigenvalue weighted by Gasteiger charge is -2.48. The SMILES string of the molecule is CC1(C23C=CC(C2)C(OC(=O)C2CC4(C5(C)CC6CCC5C6)C=CC2C4)C3)CC2CCC1C2. The van der Waals surface area contributed by atoms with E-state index in [1.807, 2.05) is 0 Å². The predicted octanol–water partition coefficient (Wildman–Crippen LogP) is 7.10. The normalized spacial score (nSPS) is 61.2. The van der Waals surface area contributed by atoms with Gasteiger partial charge in [-0.05, 0) is 115 Å². The first-order valence-corrected chi connectivity index (χ1v) is 14.4. The molecule has 2 nitrogen and oxygen atoms in total. The van der Waals surface area contributed by atoms with Gasteiger partial charge in [0.15, 0.2) is 0 Å². The van der Waals surface area contributed by atoms with Crippen LogP contribution in [0.25, 0.3) is 0 Å². The molecule has 0 spiro atoms. The highest BCUT2D eigenvalue weighted by Crippen LogP contribution is 2.72. The Bertz CT molecular complexity index is 964. The van der Waals surface area contributed by atoms with Crippen LogP contribution in [-0.4, -0.2) is 12.1 Å². The highest BCUT2D eigenvalue weighted by Gasteiger charge is 2.66. The Morgan fingerprint density at radius 2 is 1.30 bits per heavy atom. The molecule has 8 rings (SSSR count). The van der Waals surface area contributed by atoms with E-state index in [-0.39, 0.29) is 23.4 Å². The minimum Gasteiger partial charge on any atom is -0.461 e. The molecule has 6 fully saturated rings. The lowest BCUT2D eigenvalue weighted by atomic mass is 9.56. The summed E-state index contributed by atoms with van der Waals surface area (Å²) >= 11 is 0. The Morgan fingerprint density at radius 1 is 0.727 bits per heavy atom. The first-order valence-electron chi connectivity index (χ1n) is 14.4. The summed E-state index contributed by atoms with van der Waals surface area (Å²) in [4.78, 5) is 13.6. The number of fused-ring (bicyclic) bond motifs is 8. The molecule has 0 radical (unpaired) electrons. The van der Waals surface area contributed by atoms with Gasteiger partial charge in [0.2, 0.25) is 0 Å². The molecule has 0 aromatic carbocycles. The summed E-state index contributed by atoms with van der Waals surface area (Å²) in [5.41, 5.74) is 1.44. The van der Waals surface area contributed by atoms with Gasteiger partial charge >= 0.3 is 5.97 Å². The number of hydrogen-bond donors (Lipinski definition) is 0. The van der Waals surface area contributed by atoms with Gasteiger partial charge in [0.1, 0.15) is 6.10 Å². The molecule has 0 amide bonds. The second-order valence-corrected chi connectivity index (χ2v) is 14.8. The highest BCUT2D eigenvalue weighted by molar-refractivity contribution is 5.75. The fourth-order valence-corrected chi connectivity index (χ4v) is 12.0. The van der Waals surface area contributed by atoms with Crippen LogP contribution in [0.4, 0.5) is 0 Å². The van der Waals surface area contributed by atoms with Crippen molar-refractivity contribution in [1.82, 2.24) is 0 Å². The van der Waals surface area contributed by atoms with Crippen LogP contribution < -0.4 is 0 Å². The topological polar surface area (TPSA) is 26.3 Å². The number of carbonyl (C=O) groups is 1. The second kappa shape index (κ2) is 6.19. The van der Waals surface area contributed by atoms with Crippen molar-refractivity contribution < 1.29 is 9.53 Å². The Balaban J connectivity index is 0.993. The maximum atomic E-state index is 13.6. The van der Waals surface area contributed by atoms with E-state index in [9.17, 15) is 4.79 Å². The Kier molecular flexibility index (Phi) is 3.79. The Hall–Kier alpha value is -1.05. The van der Waals surface area contributed by atoms with Gasteiger partial charge in [-0.15, -0.1) is 0 Å². The first-order chi connectivity index (χ1) is 15.8. The molecular formula is C31H42O2. The van der Waals surface area contributed by atoms with Crippen LogP contribution in [-0.2, 0) is 9.53 Å². The van der Waals surface area contributed by atoms with Crippen molar-refractivity contribution in [3.63, 3.8) is 0 Å². The lowest BCUT2D eigenvalue weighted by molar-refractivity contribution is -0.157. The maximum absolute atomic E-state index is 13.6. The molecule has 6 saturated carbocycles. The number of carbonyl (C=O) groups excluding carboxylic acids is 1. The molecule has 12 unspecified atom stereocenters. The van der Waals surface area contributed by atoms with Gasteiger partial charge < -0.3 is 4.74 Å². The molecule has 0 heterocycles. The summed E-state index contributed by atoms with van der Waals surface area (Å²) in [6.07, 6.45) is 26.2. The van der Waals surface area contributed by atoms with Crippen molar-refractivity contribution in [3.8, 4) is 0 Å². The standard InChI is InChI=1S/C31H42O2/c1-28(13-19-3-5-23(28)11-19)30-9-7-21(15-30)25(17-30)27(32)33-26-18-31(10-8-22(26)16-31)29(2)14-20-4-6-24(29)12-20/h7-10,19-26H,3-6,11-18H2,1-2H3. The molecule has 0 aromatic rings. The zero-order valence-electron chi connectivity index (χ0n) is 20.7. The molecule has 8 aliphatic carbocycles. The van der Waals surface area contributed by atoms with Crippen LogP contribution >= 0.6 is 0 Å². The van der Waals surface area contributed by atoms with Crippen molar-refractivity contribution in [2.45, 2.75) is 97.0 Å². The van der Waals surface area contributed by atoms with Crippen LogP contribution in [0.1, 0.15) is 90.9 Å². The molecule has 0 aromatic heterocycles. The average molecular weight is 447 g/mol. The molecule has 8 aliphatic rings. The largest absolute Gasteiger partial charge is 0.461 e. The number of hydrogen-bond acceptors (Lipinski definition) is 2. The van der Waals surface area contributed by atoms with E-state index < -0.39 is 0 Å². The van der Waals surface area contributed by atoms with Crippen LogP contribution in [0.5, 0.6) is 0 Å². The van der Waals surface area contributed by atoms with Crippen molar-refractivity contribution in [1.29, 1.82) is 0 Å². The van der Waals surface area contributed by atoms with E-state index >= 15 is 0 Å². The van der Waals surface area contributed by atoms with E-state index in [4.69, 9.17) is 4.74 Å². The number of rotatable bonds is 4. The summed E-state index contributed by atoms with van der Waals surface area (Å²) < 4.78 is 6.47. The second-order valence-electron chi connectivity index (χ2n) is 14.8. The molecule has 33 heavy (non-hydrogen) atoms. The van der Waals surface area contributed by atoms with Crippen LogP contribution in [0.3, 0.4) is 0 Å². The maximum Gasteiger partial charge on any atom is 0.309 e. The lowest BCUT2D eigenvalue weighted by Crippen LogP contribution is -2.42. The Morgan fingerprint density at radius 3 is 1.88 bits per heavy atom. The third kappa shape index (κ3) is 2.36. The molecule has 8 bridgehead atoms. The van der Waals surface area contributed by atoms with Crippen LogP contribution in [0.2, 0.25) is 0 Å². The summed E-state index contributed by atoms with van der Waals surface area (Å²) in [6.45, 7) is 5.17. The van der Waals surface area contributed by atoms with E-state index in [0.717, 1.165) is 36.5 Å². The number of ether oxygens (including phenoxy) is 1. The summed E-state index contributed by atoms with van der Waals surface area (Å²) in [7, 11) is 0. The summed E-state index contributed by atoms with van der Waals surface area (Å²) in [6, 6.07) is 0. The van der Waals surface area contributed by atoms with Gasteiger partial charge in [-0.3, -0.25) is 4.79 Å². The molecule has 178 valence electrons. The number of allylic oxidation sites excluding steroid dienone is 3. The minimum absolute atomic E-state index is 0.114. The molecule has 2 heteroatoms. The predicted molar refractivity (Wildman–Crippen MR) is 129 cm³/mol. The summed E-state index contributed by atoms with van der Waals surface area (Å²) in [5, 5.41) is 0. The van der Waals surface area contributed by atoms with E-state index in [1.54, 1.807) is 0 Å². The summed E-state index contributed by atoms with van der Waals surface area (Å²) in [5.74, 6) is 4.87. The van der Waals surface area contributed by atoms with Crippen molar-refractivity contribution >= 4 is 5.97 Å². The highest BCUT2D eigenvalue weighted by atomic mass is 16.5. The fourth-order valence-electron chi connectivity index (χ4n) is 12.0. The molecular weight excluding hydrogens is 404 g/mol. The van der Waals surface area contributed by atoms with Gasteiger partial charge in [-0.2, -0.15) is 0 Å². The third-order valence-electron chi connectivity index (χ3n) is 13.8. The van der Waals surface area contributed by atoms with E-state index in [1.165, 1.54) is 64.2 Å². The quantitative estimate of drug-likeness (QED) is 0.340. The monoisotopic (exact) mass is 446 g/mol. The van der Waals surface area contributed by atoms with Gasteiger partial charge in [0, 0.05) is 5.92 Å². The fraction of sp³-hybridized carbons (Fsp3) is 0.839. The average Bonchev–Trinajstić information content (AvgIpc) is 3.61. The smallest absolute Gasteiger partial charge is 0.309 e. The van der Waals surface area contributed by atoms with Gasteiger partial charge in [0.05, 0.1) is 5.92 Å². The van der Waals surface area contributed by atoms with Gasteiger partial charge in [-0.1, -0.05) is 51.0 Å². The van der Waals surface area contributed by atoms with E-state index in [0.29, 0.717) is 28.1 Å². The molecule has 0 saturated heterocycles. The molecule has 0 aliphatic heterocycles. The van der Waals surface area contributed by atoms with Crippen molar-refractivity contribution in [3.05, 3.63) is 24.3 Å².